The van der Waals surface area contributed by atoms with Gasteiger partial charge in [0.15, 0.2) is 6.17 Å². The molecule has 2 aliphatic rings. The van der Waals surface area contributed by atoms with Crippen LogP contribution in [-0.4, -0.2) is 24.9 Å². The fourth-order valence-corrected chi connectivity index (χ4v) is 5.19. The molecule has 4 heteroatoms. The van der Waals surface area contributed by atoms with Crippen LogP contribution in [0.1, 0.15) is 115 Å². The first kappa shape index (κ1) is 26.0. The van der Waals surface area contributed by atoms with Crippen LogP contribution in [0.3, 0.4) is 0 Å². The van der Waals surface area contributed by atoms with E-state index in [-0.39, 0.29) is 6.10 Å². The molecule has 3 rings (SSSR count). The Morgan fingerprint density at radius 3 is 2.30 bits per heavy atom. The van der Waals surface area contributed by atoms with E-state index in [4.69, 9.17) is 9.47 Å². The lowest BCUT2D eigenvalue weighted by Gasteiger charge is -2.28. The van der Waals surface area contributed by atoms with Gasteiger partial charge in [-0.3, -0.25) is 0 Å². The lowest BCUT2D eigenvalue weighted by molar-refractivity contribution is -0.157. The van der Waals surface area contributed by atoms with E-state index in [0.29, 0.717) is 24.9 Å². The zero-order chi connectivity index (χ0) is 23.3. The molecule has 0 heterocycles. The number of halogens is 1. The highest BCUT2D eigenvalue weighted by Gasteiger charge is 2.27. The van der Waals surface area contributed by atoms with Gasteiger partial charge in [0.05, 0.1) is 6.61 Å². The fraction of sp³-hybridized carbons (Fsp3) is 0.724. The first-order chi connectivity index (χ1) is 16.2. The highest BCUT2D eigenvalue weighted by molar-refractivity contribution is 5.74. The van der Waals surface area contributed by atoms with Crippen molar-refractivity contribution >= 4 is 5.97 Å². The van der Waals surface area contributed by atoms with E-state index in [2.05, 4.69) is 37.6 Å². The average molecular weight is 460 g/mol. The van der Waals surface area contributed by atoms with Gasteiger partial charge in [0, 0.05) is 0 Å². The molecule has 0 N–H and O–H groups in total. The van der Waals surface area contributed by atoms with Crippen LogP contribution in [0.2, 0.25) is 0 Å². The summed E-state index contributed by atoms with van der Waals surface area (Å²) in [5.74, 6) is 1.44. The molecule has 1 atom stereocenters. The Kier molecular flexibility index (Phi) is 11.5. The largest absolute Gasteiger partial charge is 0.493 e. The second kappa shape index (κ2) is 14.6. The highest BCUT2D eigenvalue weighted by atomic mass is 19.1. The Hall–Kier alpha value is -1.58. The van der Waals surface area contributed by atoms with Gasteiger partial charge < -0.3 is 9.47 Å². The van der Waals surface area contributed by atoms with Crippen molar-refractivity contribution in [3.05, 3.63) is 36.2 Å². The summed E-state index contributed by atoms with van der Waals surface area (Å²) >= 11 is 0. The van der Waals surface area contributed by atoms with Crippen LogP contribution in [0.5, 0.6) is 5.75 Å². The van der Waals surface area contributed by atoms with Gasteiger partial charge in [0.1, 0.15) is 11.9 Å². The zero-order valence-corrected chi connectivity index (χ0v) is 20.6. The number of hydrogen-bond acceptors (Lipinski definition) is 3. The third-order valence-corrected chi connectivity index (χ3v) is 7.42. The third kappa shape index (κ3) is 9.29. The quantitative estimate of drug-likeness (QED) is 0.221. The van der Waals surface area contributed by atoms with E-state index in [1.165, 1.54) is 50.5 Å². The maximum atomic E-state index is 14.2. The molecular weight excluding hydrogens is 415 g/mol. The molecule has 2 aliphatic carbocycles. The summed E-state index contributed by atoms with van der Waals surface area (Å²) in [6.45, 7) is 2.88. The third-order valence-electron chi connectivity index (χ3n) is 7.42. The summed E-state index contributed by atoms with van der Waals surface area (Å²) in [7, 11) is 0. The number of hydrogen-bond donors (Lipinski definition) is 0. The monoisotopic (exact) mass is 459 g/mol. The summed E-state index contributed by atoms with van der Waals surface area (Å²) in [6.07, 6.45) is 16.2. The van der Waals surface area contributed by atoms with Crippen molar-refractivity contribution in [3.63, 3.8) is 0 Å². The molecule has 33 heavy (non-hydrogen) atoms. The Balaban J connectivity index is 1.27. The maximum Gasteiger partial charge on any atom is 0.340 e. The Bertz CT molecular complexity index is 660. The molecule has 0 saturated heterocycles. The van der Waals surface area contributed by atoms with E-state index in [0.717, 1.165) is 50.7 Å². The molecule has 0 unspecified atom stereocenters. The molecule has 0 amide bonds. The van der Waals surface area contributed by atoms with E-state index in [1.807, 2.05) is 0 Å². The highest BCUT2D eigenvalue weighted by Crippen LogP contribution is 2.33. The number of carbonyl (C=O) groups excluding carboxylic acids is 1. The molecule has 0 aromatic heterocycles. The number of carbonyl (C=O) groups is 1. The minimum Gasteiger partial charge on any atom is -0.493 e. The molecule has 0 spiro atoms. The molecule has 2 saturated carbocycles. The van der Waals surface area contributed by atoms with E-state index in [9.17, 15) is 9.18 Å². The van der Waals surface area contributed by atoms with Gasteiger partial charge in [0.25, 0.3) is 0 Å². The van der Waals surface area contributed by atoms with Crippen molar-refractivity contribution in [2.45, 2.75) is 121 Å². The smallest absolute Gasteiger partial charge is 0.340 e. The van der Waals surface area contributed by atoms with Crippen LogP contribution in [0.25, 0.3) is 0 Å². The maximum absolute atomic E-state index is 14.2. The molecule has 2 fully saturated rings. The lowest BCUT2D eigenvalue weighted by atomic mass is 9.84. The predicted molar refractivity (Wildman–Crippen MR) is 132 cm³/mol. The summed E-state index contributed by atoms with van der Waals surface area (Å²) in [4.78, 5) is 12.1. The van der Waals surface area contributed by atoms with Gasteiger partial charge in [-0.15, -0.1) is 0 Å². The van der Waals surface area contributed by atoms with Crippen molar-refractivity contribution in [2.75, 3.05) is 6.61 Å². The van der Waals surface area contributed by atoms with Crippen LogP contribution in [0.15, 0.2) is 24.3 Å². The summed E-state index contributed by atoms with van der Waals surface area (Å²) in [5.41, 5.74) is 1.43. The van der Waals surface area contributed by atoms with Crippen LogP contribution in [-0.2, 0) is 9.53 Å². The lowest BCUT2D eigenvalue weighted by Crippen LogP contribution is -2.30. The Labute approximate surface area is 200 Å². The van der Waals surface area contributed by atoms with E-state index < -0.39 is 12.1 Å². The predicted octanol–water partition coefficient (Wildman–Crippen LogP) is 8.12. The molecular formula is C29H44FO3. The van der Waals surface area contributed by atoms with Crippen molar-refractivity contribution in [1.82, 2.24) is 0 Å². The minimum absolute atomic E-state index is 0.136. The second-order valence-corrected chi connectivity index (χ2v) is 10.1. The number of benzene rings is 1. The van der Waals surface area contributed by atoms with Crippen molar-refractivity contribution in [1.29, 1.82) is 0 Å². The molecule has 0 aliphatic heterocycles. The molecule has 1 aromatic rings. The topological polar surface area (TPSA) is 35.5 Å². The SMILES string of the molecule is CCCCCCCC[C@H](F)C(=O)O[C@H]1CC[C@H](COc2ccc(C3CC[CH]CC3)cc2)CC1. The average Bonchev–Trinajstić information content (AvgIpc) is 2.86. The minimum atomic E-state index is -1.47. The first-order valence-corrected chi connectivity index (χ1v) is 13.5. The molecule has 185 valence electrons. The van der Waals surface area contributed by atoms with Gasteiger partial charge in [-0.25, -0.2) is 9.18 Å². The number of esters is 1. The van der Waals surface area contributed by atoms with Gasteiger partial charge in [-0.2, -0.15) is 0 Å². The Morgan fingerprint density at radius 2 is 1.61 bits per heavy atom. The normalized spacial score (nSPS) is 22.6. The van der Waals surface area contributed by atoms with Crippen molar-refractivity contribution in [2.24, 2.45) is 5.92 Å². The van der Waals surface area contributed by atoms with Crippen molar-refractivity contribution in [3.8, 4) is 5.75 Å². The second-order valence-electron chi connectivity index (χ2n) is 10.1. The van der Waals surface area contributed by atoms with Gasteiger partial charge >= 0.3 is 5.97 Å². The van der Waals surface area contributed by atoms with Gasteiger partial charge in [-0.1, -0.05) is 51.2 Å². The molecule has 1 radical (unpaired) electrons. The van der Waals surface area contributed by atoms with Crippen LogP contribution < -0.4 is 4.74 Å². The number of ether oxygens (including phenoxy) is 2. The van der Waals surface area contributed by atoms with Crippen LogP contribution in [0, 0.1) is 12.3 Å². The van der Waals surface area contributed by atoms with Gasteiger partial charge in [-0.05, 0) is 100 Å². The molecule has 3 nitrogen and oxygen atoms in total. The number of alkyl halides is 1. The standard InChI is InChI=1S/C29H44FO3/c1-2-3-4-5-6-10-13-28(30)29(31)33-27-18-14-23(15-19-27)22-32-26-20-16-25(17-21-26)24-11-8-7-9-12-24/h7,16-17,20-21,23-24,27-28H,2-6,8-15,18-19,22H2,1H3/t23-,27-,28-/m0/s1. The first-order valence-electron chi connectivity index (χ1n) is 13.5. The fourth-order valence-electron chi connectivity index (χ4n) is 5.19. The Morgan fingerprint density at radius 1 is 0.939 bits per heavy atom. The van der Waals surface area contributed by atoms with E-state index >= 15 is 0 Å². The van der Waals surface area contributed by atoms with Crippen LogP contribution >= 0.6 is 0 Å². The van der Waals surface area contributed by atoms with Crippen LogP contribution in [0.4, 0.5) is 4.39 Å². The zero-order valence-electron chi connectivity index (χ0n) is 20.6. The van der Waals surface area contributed by atoms with E-state index in [1.54, 1.807) is 0 Å². The molecule has 0 bridgehead atoms. The summed E-state index contributed by atoms with van der Waals surface area (Å²) < 4.78 is 25.7. The van der Waals surface area contributed by atoms with Gasteiger partial charge in [0.2, 0.25) is 0 Å². The van der Waals surface area contributed by atoms with Crippen molar-refractivity contribution < 1.29 is 18.7 Å². The number of unbranched alkanes of at least 4 members (excludes halogenated alkanes) is 5. The summed E-state index contributed by atoms with van der Waals surface area (Å²) in [6, 6.07) is 8.65. The molecule has 1 aromatic carbocycles. The summed E-state index contributed by atoms with van der Waals surface area (Å²) in [5, 5.41) is 0. The number of rotatable bonds is 13.